The Hall–Kier alpha value is -1.61. The quantitative estimate of drug-likeness (QED) is 0.549. The van der Waals surface area contributed by atoms with Crippen molar-refractivity contribution in [2.24, 2.45) is 0 Å². The number of ether oxygens (including phenoxy) is 1. The number of hydrogen-bond acceptors (Lipinski definition) is 6. The zero-order valence-electron chi connectivity index (χ0n) is 9.45. The molecule has 0 aromatic rings. The molecule has 0 aromatic carbocycles. The standard InChI is InChI=1S/C9H11NO7S/c1-9(5-18(13,14)15)4-8(16-9)17-10-6(11)2-3-7(10)12/h4H,2-3,5H2,1H3,(H,13,14,15). The molecule has 2 aliphatic rings. The lowest BCUT2D eigenvalue weighted by Crippen LogP contribution is -2.44. The van der Waals surface area contributed by atoms with Crippen molar-refractivity contribution < 1.29 is 32.1 Å². The Labute approximate surface area is 103 Å². The summed E-state index contributed by atoms with van der Waals surface area (Å²) in [5, 5.41) is 0.582. The molecule has 100 valence electrons. The van der Waals surface area contributed by atoms with Gasteiger partial charge in [0.05, 0.1) is 0 Å². The van der Waals surface area contributed by atoms with Crippen molar-refractivity contribution in [1.82, 2.24) is 5.06 Å². The number of carbonyl (C=O) groups excluding carboxylic acids is 2. The van der Waals surface area contributed by atoms with Crippen molar-refractivity contribution in [3.8, 4) is 0 Å². The molecule has 9 heteroatoms. The topological polar surface area (TPSA) is 110 Å². The van der Waals surface area contributed by atoms with Crippen molar-refractivity contribution >= 4 is 21.9 Å². The summed E-state index contributed by atoms with van der Waals surface area (Å²) in [6, 6.07) is 0. The molecule has 2 heterocycles. The summed E-state index contributed by atoms with van der Waals surface area (Å²) >= 11 is 0. The monoisotopic (exact) mass is 277 g/mol. The zero-order valence-corrected chi connectivity index (χ0v) is 10.3. The van der Waals surface area contributed by atoms with Gasteiger partial charge in [-0.25, -0.2) is 0 Å². The first-order valence-electron chi connectivity index (χ1n) is 5.09. The molecule has 0 radical (unpaired) electrons. The van der Waals surface area contributed by atoms with Crippen LogP contribution in [0.15, 0.2) is 12.0 Å². The molecular weight excluding hydrogens is 266 g/mol. The van der Waals surface area contributed by atoms with Crippen LogP contribution in [-0.4, -0.2) is 41.2 Å². The number of carbonyl (C=O) groups is 2. The molecule has 0 spiro atoms. The summed E-state index contributed by atoms with van der Waals surface area (Å²) in [7, 11) is -4.19. The fourth-order valence-electron chi connectivity index (χ4n) is 1.71. The molecule has 0 bridgehead atoms. The number of hydroxylamine groups is 2. The SMILES string of the molecule is CC1(CS(=O)(=O)O)C=C(ON2C(=O)CCC2=O)O1. The Kier molecular flexibility index (Phi) is 2.82. The fourth-order valence-corrected chi connectivity index (χ4v) is 2.57. The number of amides is 2. The number of rotatable bonds is 4. The molecule has 1 atom stereocenters. The van der Waals surface area contributed by atoms with Crippen LogP contribution >= 0.6 is 0 Å². The van der Waals surface area contributed by atoms with E-state index in [2.05, 4.69) is 0 Å². The average Bonchev–Trinajstić information content (AvgIpc) is 2.44. The van der Waals surface area contributed by atoms with E-state index < -0.39 is 33.3 Å². The largest absolute Gasteiger partial charge is 0.452 e. The van der Waals surface area contributed by atoms with E-state index in [9.17, 15) is 18.0 Å². The lowest BCUT2D eigenvalue weighted by atomic mass is 10.1. The molecule has 0 saturated carbocycles. The second kappa shape index (κ2) is 3.95. The van der Waals surface area contributed by atoms with Gasteiger partial charge in [0, 0.05) is 18.9 Å². The lowest BCUT2D eigenvalue weighted by molar-refractivity contribution is -0.207. The molecule has 2 rings (SSSR count). The van der Waals surface area contributed by atoms with E-state index in [-0.39, 0.29) is 18.8 Å². The van der Waals surface area contributed by atoms with Crippen LogP contribution in [-0.2, 0) is 29.3 Å². The molecule has 0 aromatic heterocycles. The van der Waals surface area contributed by atoms with Gasteiger partial charge in [-0.2, -0.15) is 8.42 Å². The van der Waals surface area contributed by atoms with Crippen LogP contribution in [0.4, 0.5) is 0 Å². The Bertz CT molecular complexity index is 521. The van der Waals surface area contributed by atoms with Crippen LogP contribution in [0.5, 0.6) is 0 Å². The Morgan fingerprint density at radius 3 is 2.39 bits per heavy atom. The normalized spacial score (nSPS) is 27.7. The third-order valence-electron chi connectivity index (χ3n) is 2.41. The first-order chi connectivity index (χ1) is 8.19. The average molecular weight is 277 g/mol. The second-order valence-corrected chi connectivity index (χ2v) is 5.73. The van der Waals surface area contributed by atoms with Crippen molar-refractivity contribution in [2.45, 2.75) is 25.4 Å². The highest BCUT2D eigenvalue weighted by Gasteiger charge is 2.42. The third-order valence-corrected chi connectivity index (χ3v) is 3.35. The van der Waals surface area contributed by atoms with Crippen molar-refractivity contribution in [3.05, 3.63) is 12.0 Å². The number of imide groups is 1. The fraction of sp³-hybridized carbons (Fsp3) is 0.556. The van der Waals surface area contributed by atoms with Gasteiger partial charge < -0.3 is 9.57 Å². The summed E-state index contributed by atoms with van der Waals surface area (Å²) in [5.41, 5.74) is -1.21. The number of hydrogen-bond donors (Lipinski definition) is 1. The Morgan fingerprint density at radius 2 is 1.94 bits per heavy atom. The zero-order chi connectivity index (χ0) is 13.6. The molecule has 2 amide bonds. The molecule has 1 N–H and O–H groups in total. The lowest BCUT2D eigenvalue weighted by Gasteiger charge is -2.35. The summed E-state index contributed by atoms with van der Waals surface area (Å²) < 4.78 is 35.1. The van der Waals surface area contributed by atoms with Gasteiger partial charge in [0.2, 0.25) is 0 Å². The molecule has 1 fully saturated rings. The summed E-state index contributed by atoms with van der Waals surface area (Å²) in [4.78, 5) is 27.3. The van der Waals surface area contributed by atoms with E-state index in [1.807, 2.05) is 0 Å². The molecule has 0 aliphatic carbocycles. The molecular formula is C9H11NO7S. The van der Waals surface area contributed by atoms with Gasteiger partial charge >= 0.3 is 5.95 Å². The number of nitrogens with zero attached hydrogens (tertiary/aromatic N) is 1. The van der Waals surface area contributed by atoms with Crippen LogP contribution in [0.25, 0.3) is 0 Å². The van der Waals surface area contributed by atoms with E-state index in [1.54, 1.807) is 0 Å². The van der Waals surface area contributed by atoms with Gasteiger partial charge in [-0.15, -0.1) is 5.06 Å². The van der Waals surface area contributed by atoms with Gasteiger partial charge in [0.25, 0.3) is 21.9 Å². The summed E-state index contributed by atoms with van der Waals surface area (Å²) in [6.07, 6.45) is 1.43. The van der Waals surface area contributed by atoms with Crippen molar-refractivity contribution in [2.75, 3.05) is 5.75 Å². The van der Waals surface area contributed by atoms with Gasteiger partial charge in [0.1, 0.15) is 5.75 Å². The smallest absolute Gasteiger partial charge is 0.308 e. The highest BCUT2D eigenvalue weighted by atomic mass is 32.2. The molecule has 1 unspecified atom stereocenters. The highest BCUT2D eigenvalue weighted by molar-refractivity contribution is 7.85. The van der Waals surface area contributed by atoms with Gasteiger partial charge in [0.15, 0.2) is 5.60 Å². The maximum atomic E-state index is 11.2. The van der Waals surface area contributed by atoms with Gasteiger partial charge in [-0.1, -0.05) is 0 Å². The van der Waals surface area contributed by atoms with Gasteiger partial charge in [-0.05, 0) is 6.92 Å². The summed E-state index contributed by atoms with van der Waals surface area (Å²) in [5.74, 6) is -1.72. The molecule has 2 aliphatic heterocycles. The van der Waals surface area contributed by atoms with E-state index in [4.69, 9.17) is 14.1 Å². The van der Waals surface area contributed by atoms with Gasteiger partial charge in [-0.3, -0.25) is 14.1 Å². The minimum atomic E-state index is -4.19. The van der Waals surface area contributed by atoms with Crippen LogP contribution in [0.3, 0.4) is 0 Å². The second-order valence-electron chi connectivity index (χ2n) is 4.28. The maximum Gasteiger partial charge on any atom is 0.308 e. The van der Waals surface area contributed by atoms with E-state index in [1.165, 1.54) is 13.0 Å². The van der Waals surface area contributed by atoms with Crippen molar-refractivity contribution in [3.63, 3.8) is 0 Å². The van der Waals surface area contributed by atoms with E-state index in [0.29, 0.717) is 5.06 Å². The van der Waals surface area contributed by atoms with Crippen LogP contribution in [0.2, 0.25) is 0 Å². The van der Waals surface area contributed by atoms with E-state index >= 15 is 0 Å². The first-order valence-corrected chi connectivity index (χ1v) is 6.70. The van der Waals surface area contributed by atoms with E-state index in [0.717, 1.165) is 0 Å². The third kappa shape index (κ3) is 2.62. The minimum absolute atomic E-state index is 0.0778. The van der Waals surface area contributed by atoms with Crippen LogP contribution < -0.4 is 0 Å². The van der Waals surface area contributed by atoms with Crippen LogP contribution in [0.1, 0.15) is 19.8 Å². The Balaban J connectivity index is 1.99. The first kappa shape index (κ1) is 12.8. The predicted molar refractivity (Wildman–Crippen MR) is 56.2 cm³/mol. The predicted octanol–water partition coefficient (Wildman–Crippen LogP) is -0.415. The molecule has 18 heavy (non-hydrogen) atoms. The molecule has 8 nitrogen and oxygen atoms in total. The van der Waals surface area contributed by atoms with Crippen molar-refractivity contribution in [1.29, 1.82) is 0 Å². The Morgan fingerprint density at radius 1 is 1.44 bits per heavy atom. The minimum Gasteiger partial charge on any atom is -0.452 e. The van der Waals surface area contributed by atoms with Crippen LogP contribution in [0, 0.1) is 0 Å². The summed E-state index contributed by atoms with van der Waals surface area (Å²) in [6.45, 7) is 1.42. The molecule has 1 saturated heterocycles. The highest BCUT2D eigenvalue weighted by Crippen LogP contribution is 2.32. The maximum absolute atomic E-state index is 11.2.